The van der Waals surface area contributed by atoms with Crippen LogP contribution in [-0.4, -0.2) is 70.5 Å². The van der Waals surface area contributed by atoms with E-state index in [-0.39, 0.29) is 24.7 Å². The summed E-state index contributed by atoms with van der Waals surface area (Å²) in [5.41, 5.74) is -2.19. The minimum absolute atomic E-state index is 0.0214. The van der Waals surface area contributed by atoms with Crippen LogP contribution in [0.5, 0.6) is 0 Å². The number of nitrogens with one attached hydrogen (secondary N) is 2. The normalized spacial score (nSPS) is 17.3. The quantitative estimate of drug-likeness (QED) is 0.251. The molecule has 2 atom stereocenters. The van der Waals surface area contributed by atoms with Gasteiger partial charge in [-0.25, -0.2) is 9.59 Å². The van der Waals surface area contributed by atoms with Gasteiger partial charge >= 0.3 is 11.9 Å². The molecule has 214 valence electrons. The van der Waals surface area contributed by atoms with Gasteiger partial charge < -0.3 is 30.3 Å². The second-order valence-corrected chi connectivity index (χ2v) is 12.0. The molecule has 0 bridgehead atoms. The number of amides is 2. The number of hydrogen-bond acceptors (Lipinski definition) is 8. The summed E-state index contributed by atoms with van der Waals surface area (Å²) in [6.07, 6.45) is 2.87. The number of esters is 2. The summed E-state index contributed by atoms with van der Waals surface area (Å²) in [4.78, 5) is 50.9. The summed E-state index contributed by atoms with van der Waals surface area (Å²) in [5.74, 6) is -2.32. The van der Waals surface area contributed by atoms with Gasteiger partial charge in [-0.3, -0.25) is 9.59 Å². The molecule has 0 heterocycles. The molecule has 37 heavy (non-hydrogen) atoms. The molecule has 10 nitrogen and oxygen atoms in total. The number of aliphatic hydroxyl groups excluding tert-OH is 2. The smallest absolute Gasteiger partial charge is 0.331 e. The second-order valence-electron chi connectivity index (χ2n) is 12.0. The lowest BCUT2D eigenvalue weighted by molar-refractivity contribution is -0.165. The lowest BCUT2D eigenvalue weighted by atomic mass is 9.78. The zero-order chi connectivity index (χ0) is 28.6. The standard InChI is InChI=1S/C27H48N2O8/c1-17(2)25(5,6)36-23(34)19(15-30)28-21(32)13-27(11-9-10-12-27)14-22(33)29-20(16-31)24(35)37-26(7,8)18(3)4/h17-20,30-31H,9-16H2,1-8H3,(H,28,32)(H,29,33)/t19-,20-/m1/s1. The summed E-state index contributed by atoms with van der Waals surface area (Å²) >= 11 is 0. The van der Waals surface area contributed by atoms with Crippen molar-refractivity contribution in [1.82, 2.24) is 10.6 Å². The van der Waals surface area contributed by atoms with Gasteiger partial charge in [-0.05, 0) is 57.8 Å². The Morgan fingerprint density at radius 1 is 0.730 bits per heavy atom. The first kappa shape index (κ1) is 32.8. The van der Waals surface area contributed by atoms with Crippen molar-refractivity contribution in [1.29, 1.82) is 0 Å². The van der Waals surface area contributed by atoms with E-state index in [0.717, 1.165) is 12.8 Å². The maximum Gasteiger partial charge on any atom is 0.331 e. The first-order chi connectivity index (χ1) is 17.0. The number of ether oxygens (including phenoxy) is 2. The summed E-state index contributed by atoms with van der Waals surface area (Å²) in [6.45, 7) is 13.4. The van der Waals surface area contributed by atoms with Crippen LogP contribution in [0.15, 0.2) is 0 Å². The highest BCUT2D eigenvalue weighted by molar-refractivity contribution is 5.87. The van der Waals surface area contributed by atoms with E-state index in [1.807, 2.05) is 27.7 Å². The Morgan fingerprint density at radius 2 is 1.05 bits per heavy atom. The van der Waals surface area contributed by atoms with Crippen LogP contribution in [0.3, 0.4) is 0 Å². The Hall–Kier alpha value is -2.20. The molecule has 1 aliphatic carbocycles. The van der Waals surface area contributed by atoms with Crippen LogP contribution in [0.2, 0.25) is 0 Å². The molecule has 4 N–H and O–H groups in total. The fraction of sp³-hybridized carbons (Fsp3) is 0.852. The SMILES string of the molecule is CC(C)C(C)(C)OC(=O)[C@@H](CO)NC(=O)CC1(CC(=O)N[C@H](CO)C(=O)OC(C)(C)C(C)C)CCCC1. The number of rotatable bonds is 14. The Kier molecular flexibility index (Phi) is 12.0. The Balaban J connectivity index is 2.82. The molecule has 0 aromatic rings. The average Bonchev–Trinajstić information content (AvgIpc) is 3.22. The van der Waals surface area contributed by atoms with Crippen molar-refractivity contribution in [3.8, 4) is 0 Å². The van der Waals surface area contributed by atoms with Gasteiger partial charge in [0.05, 0.1) is 13.2 Å². The molecule has 0 spiro atoms. The molecule has 1 rings (SSSR count). The molecule has 0 aromatic carbocycles. The number of hydrogen-bond donors (Lipinski definition) is 4. The van der Waals surface area contributed by atoms with E-state index in [9.17, 15) is 29.4 Å². The summed E-state index contributed by atoms with van der Waals surface area (Å²) < 4.78 is 11.0. The third kappa shape index (κ3) is 9.89. The molecule has 0 unspecified atom stereocenters. The third-order valence-corrected chi connectivity index (χ3v) is 7.85. The topological polar surface area (TPSA) is 151 Å². The van der Waals surface area contributed by atoms with E-state index in [2.05, 4.69) is 10.6 Å². The fourth-order valence-corrected chi connectivity index (χ4v) is 3.97. The van der Waals surface area contributed by atoms with E-state index in [4.69, 9.17) is 9.47 Å². The number of carbonyl (C=O) groups excluding carboxylic acids is 4. The highest BCUT2D eigenvalue weighted by Gasteiger charge is 2.40. The number of aliphatic hydroxyl groups is 2. The molecular formula is C27H48N2O8. The lowest BCUT2D eigenvalue weighted by Crippen LogP contribution is -2.50. The Morgan fingerprint density at radius 3 is 1.32 bits per heavy atom. The molecule has 1 aliphatic rings. The van der Waals surface area contributed by atoms with Crippen molar-refractivity contribution in [3.05, 3.63) is 0 Å². The van der Waals surface area contributed by atoms with Crippen LogP contribution in [0.1, 0.15) is 93.9 Å². The van der Waals surface area contributed by atoms with Gasteiger partial charge in [0.25, 0.3) is 0 Å². The van der Waals surface area contributed by atoms with Crippen molar-refractivity contribution >= 4 is 23.8 Å². The fourth-order valence-electron chi connectivity index (χ4n) is 3.97. The van der Waals surface area contributed by atoms with Crippen LogP contribution in [0.4, 0.5) is 0 Å². The molecule has 0 saturated heterocycles. The predicted octanol–water partition coefficient (Wildman–Crippen LogP) is 2.24. The summed E-state index contributed by atoms with van der Waals surface area (Å²) in [6, 6.07) is -2.42. The van der Waals surface area contributed by atoms with Crippen molar-refractivity contribution < 1.29 is 38.9 Å². The molecular weight excluding hydrogens is 480 g/mol. The lowest BCUT2D eigenvalue weighted by Gasteiger charge is -2.32. The second kappa shape index (κ2) is 13.6. The maximum atomic E-state index is 12.9. The minimum Gasteiger partial charge on any atom is -0.458 e. The zero-order valence-electron chi connectivity index (χ0n) is 23.8. The van der Waals surface area contributed by atoms with Gasteiger partial charge in [0.15, 0.2) is 12.1 Å². The van der Waals surface area contributed by atoms with Crippen LogP contribution in [-0.2, 0) is 28.7 Å². The van der Waals surface area contributed by atoms with Crippen LogP contribution < -0.4 is 10.6 Å². The van der Waals surface area contributed by atoms with Crippen molar-refractivity contribution in [2.75, 3.05) is 13.2 Å². The van der Waals surface area contributed by atoms with Crippen molar-refractivity contribution in [2.24, 2.45) is 17.3 Å². The first-order valence-electron chi connectivity index (χ1n) is 13.2. The average molecular weight is 529 g/mol. The molecule has 0 aliphatic heterocycles. The molecule has 1 fully saturated rings. The van der Waals surface area contributed by atoms with E-state index in [1.165, 1.54) is 0 Å². The van der Waals surface area contributed by atoms with Crippen molar-refractivity contribution in [2.45, 2.75) is 117 Å². The van der Waals surface area contributed by atoms with Gasteiger partial charge in [-0.1, -0.05) is 40.5 Å². The molecule has 1 saturated carbocycles. The van der Waals surface area contributed by atoms with Crippen LogP contribution in [0.25, 0.3) is 0 Å². The highest BCUT2D eigenvalue weighted by atomic mass is 16.6. The van der Waals surface area contributed by atoms with E-state index in [1.54, 1.807) is 27.7 Å². The molecule has 0 aromatic heterocycles. The predicted molar refractivity (Wildman–Crippen MR) is 138 cm³/mol. The molecule has 2 amide bonds. The Labute approximate surface area is 221 Å². The van der Waals surface area contributed by atoms with Gasteiger partial charge in [-0.2, -0.15) is 0 Å². The molecule has 10 heteroatoms. The van der Waals surface area contributed by atoms with Gasteiger partial charge in [0.2, 0.25) is 11.8 Å². The highest BCUT2D eigenvalue weighted by Crippen LogP contribution is 2.44. The molecule has 0 radical (unpaired) electrons. The Bertz CT molecular complexity index is 740. The van der Waals surface area contributed by atoms with Gasteiger partial charge in [-0.15, -0.1) is 0 Å². The van der Waals surface area contributed by atoms with Crippen LogP contribution in [0, 0.1) is 17.3 Å². The van der Waals surface area contributed by atoms with E-state index in [0.29, 0.717) is 12.8 Å². The zero-order valence-corrected chi connectivity index (χ0v) is 23.8. The van der Waals surface area contributed by atoms with E-state index < -0.39 is 65.7 Å². The summed E-state index contributed by atoms with van der Waals surface area (Å²) in [5, 5.41) is 24.5. The minimum atomic E-state index is -1.21. The van der Waals surface area contributed by atoms with Crippen LogP contribution >= 0.6 is 0 Å². The van der Waals surface area contributed by atoms with Gasteiger partial charge in [0, 0.05) is 12.8 Å². The number of carbonyl (C=O) groups is 4. The van der Waals surface area contributed by atoms with E-state index >= 15 is 0 Å². The monoisotopic (exact) mass is 528 g/mol. The first-order valence-corrected chi connectivity index (χ1v) is 13.2. The summed E-state index contributed by atoms with van der Waals surface area (Å²) in [7, 11) is 0. The third-order valence-electron chi connectivity index (χ3n) is 7.85. The van der Waals surface area contributed by atoms with Crippen molar-refractivity contribution in [3.63, 3.8) is 0 Å². The maximum absolute atomic E-state index is 12.9. The largest absolute Gasteiger partial charge is 0.458 e. The van der Waals surface area contributed by atoms with Gasteiger partial charge in [0.1, 0.15) is 11.2 Å².